The van der Waals surface area contributed by atoms with Crippen LogP contribution in [0.25, 0.3) is 0 Å². The molecule has 0 aromatic heterocycles. The fourth-order valence-electron chi connectivity index (χ4n) is 3.60. The van der Waals surface area contributed by atoms with Crippen LogP contribution < -0.4 is 10.6 Å². The Bertz CT molecular complexity index is 906. The van der Waals surface area contributed by atoms with Crippen molar-refractivity contribution >= 4 is 17.5 Å². The maximum Gasteiger partial charge on any atom is 0.270 e. The van der Waals surface area contributed by atoms with Crippen LogP contribution in [0.15, 0.2) is 48.5 Å². The minimum absolute atomic E-state index is 0.141. The first-order chi connectivity index (χ1) is 15.0. The summed E-state index contributed by atoms with van der Waals surface area (Å²) >= 11 is 0. The molecule has 1 heterocycles. The van der Waals surface area contributed by atoms with E-state index in [9.17, 15) is 19.7 Å². The average molecular weight is 425 g/mol. The Morgan fingerprint density at radius 2 is 1.61 bits per heavy atom. The first-order valence-electron chi connectivity index (χ1n) is 10.6. The van der Waals surface area contributed by atoms with Gasteiger partial charge in [-0.05, 0) is 43.1 Å². The number of hydrogen-bond donors (Lipinski definition) is 2. The van der Waals surface area contributed by atoms with Crippen LogP contribution in [0.2, 0.25) is 0 Å². The SMILES string of the molecule is O=C(CNC(=O)c1cccc([N+](=O)[O-])c1)NCc1ccc(CN2CCCCCC2)cc1. The zero-order chi connectivity index (χ0) is 22.1. The molecule has 164 valence electrons. The minimum atomic E-state index is -0.567. The summed E-state index contributed by atoms with van der Waals surface area (Å²) in [6.07, 6.45) is 5.17. The predicted molar refractivity (Wildman–Crippen MR) is 117 cm³/mol. The number of amides is 2. The smallest absolute Gasteiger partial charge is 0.270 e. The van der Waals surface area contributed by atoms with E-state index in [1.54, 1.807) is 0 Å². The molecule has 1 aliphatic heterocycles. The van der Waals surface area contributed by atoms with Crippen molar-refractivity contribution in [1.82, 2.24) is 15.5 Å². The minimum Gasteiger partial charge on any atom is -0.350 e. The van der Waals surface area contributed by atoms with E-state index in [0.29, 0.717) is 6.54 Å². The van der Waals surface area contributed by atoms with Crippen LogP contribution in [0.4, 0.5) is 5.69 Å². The van der Waals surface area contributed by atoms with Crippen molar-refractivity contribution in [2.24, 2.45) is 0 Å². The Labute approximate surface area is 181 Å². The lowest BCUT2D eigenvalue weighted by molar-refractivity contribution is -0.384. The molecule has 0 aliphatic carbocycles. The molecule has 8 heteroatoms. The van der Waals surface area contributed by atoms with E-state index in [4.69, 9.17) is 0 Å². The highest BCUT2D eigenvalue weighted by atomic mass is 16.6. The summed E-state index contributed by atoms with van der Waals surface area (Å²) in [6, 6.07) is 13.6. The number of nitro benzene ring substituents is 1. The number of carbonyl (C=O) groups is 2. The normalized spacial score (nSPS) is 14.5. The van der Waals surface area contributed by atoms with E-state index in [2.05, 4.69) is 27.7 Å². The Morgan fingerprint density at radius 1 is 0.935 bits per heavy atom. The fourth-order valence-corrected chi connectivity index (χ4v) is 3.60. The van der Waals surface area contributed by atoms with Gasteiger partial charge in [-0.15, -0.1) is 0 Å². The maximum atomic E-state index is 12.1. The number of likely N-dealkylation sites (tertiary alicyclic amines) is 1. The molecule has 8 nitrogen and oxygen atoms in total. The molecule has 0 saturated carbocycles. The molecule has 0 radical (unpaired) electrons. The van der Waals surface area contributed by atoms with Gasteiger partial charge in [0.2, 0.25) is 5.91 Å². The van der Waals surface area contributed by atoms with Crippen LogP contribution in [0.5, 0.6) is 0 Å². The summed E-state index contributed by atoms with van der Waals surface area (Å²) in [4.78, 5) is 36.9. The van der Waals surface area contributed by atoms with Crippen molar-refractivity contribution in [2.45, 2.75) is 38.8 Å². The molecule has 0 spiro atoms. The highest BCUT2D eigenvalue weighted by Gasteiger charge is 2.13. The van der Waals surface area contributed by atoms with Gasteiger partial charge in [0.15, 0.2) is 0 Å². The molecule has 0 bridgehead atoms. The molecule has 0 atom stereocenters. The van der Waals surface area contributed by atoms with Crippen molar-refractivity contribution < 1.29 is 14.5 Å². The van der Waals surface area contributed by atoms with Gasteiger partial charge < -0.3 is 10.6 Å². The van der Waals surface area contributed by atoms with Crippen LogP contribution in [-0.2, 0) is 17.9 Å². The van der Waals surface area contributed by atoms with Gasteiger partial charge in [-0.25, -0.2) is 0 Å². The van der Waals surface area contributed by atoms with Crippen LogP contribution in [-0.4, -0.2) is 41.3 Å². The van der Waals surface area contributed by atoms with Gasteiger partial charge in [0.1, 0.15) is 0 Å². The highest BCUT2D eigenvalue weighted by molar-refractivity contribution is 5.96. The third-order valence-electron chi connectivity index (χ3n) is 5.35. The Balaban J connectivity index is 1.41. The van der Waals surface area contributed by atoms with E-state index in [1.807, 2.05) is 12.1 Å². The number of non-ortho nitro benzene ring substituents is 1. The lowest BCUT2D eigenvalue weighted by Gasteiger charge is -2.19. The summed E-state index contributed by atoms with van der Waals surface area (Å²) in [5.41, 5.74) is 2.22. The fraction of sp³-hybridized carbons (Fsp3) is 0.391. The van der Waals surface area contributed by atoms with Gasteiger partial charge in [-0.2, -0.15) is 0 Å². The standard InChI is InChI=1S/C23H28N4O4/c28-22(16-25-23(29)20-6-5-7-21(14-20)27(30)31)24-15-18-8-10-19(11-9-18)17-26-12-3-1-2-4-13-26/h5-11,14H,1-4,12-13,15-17H2,(H,24,28)(H,25,29). The second kappa shape index (κ2) is 11.2. The summed E-state index contributed by atoms with van der Waals surface area (Å²) in [7, 11) is 0. The third-order valence-corrected chi connectivity index (χ3v) is 5.35. The monoisotopic (exact) mass is 424 g/mol. The number of benzene rings is 2. The molecule has 2 aromatic carbocycles. The van der Waals surface area contributed by atoms with Crippen LogP contribution in [0, 0.1) is 10.1 Å². The highest BCUT2D eigenvalue weighted by Crippen LogP contribution is 2.14. The second-order valence-electron chi connectivity index (χ2n) is 7.77. The number of rotatable bonds is 8. The van der Waals surface area contributed by atoms with Gasteiger partial charge in [-0.3, -0.25) is 24.6 Å². The quantitative estimate of drug-likeness (QED) is 0.501. The van der Waals surface area contributed by atoms with E-state index in [1.165, 1.54) is 55.5 Å². The number of carbonyl (C=O) groups excluding carboxylic acids is 2. The van der Waals surface area contributed by atoms with Crippen molar-refractivity contribution in [3.8, 4) is 0 Å². The number of nitro groups is 1. The molecule has 2 amide bonds. The molecule has 2 N–H and O–H groups in total. The number of hydrogen-bond acceptors (Lipinski definition) is 5. The summed E-state index contributed by atoms with van der Waals surface area (Å²) in [5, 5.41) is 16.1. The molecule has 31 heavy (non-hydrogen) atoms. The lowest BCUT2D eigenvalue weighted by atomic mass is 10.1. The lowest BCUT2D eigenvalue weighted by Crippen LogP contribution is -2.36. The maximum absolute atomic E-state index is 12.1. The van der Waals surface area contributed by atoms with Crippen molar-refractivity contribution in [2.75, 3.05) is 19.6 Å². The number of nitrogens with zero attached hydrogens (tertiary/aromatic N) is 2. The second-order valence-corrected chi connectivity index (χ2v) is 7.77. The first-order valence-corrected chi connectivity index (χ1v) is 10.6. The molecule has 1 fully saturated rings. The van der Waals surface area contributed by atoms with Crippen molar-refractivity contribution in [1.29, 1.82) is 0 Å². The molecular weight excluding hydrogens is 396 g/mol. The molecule has 3 rings (SSSR count). The molecular formula is C23H28N4O4. The van der Waals surface area contributed by atoms with Crippen LogP contribution in [0.1, 0.15) is 47.2 Å². The summed E-state index contributed by atoms with van der Waals surface area (Å²) in [5.74, 6) is -0.857. The molecule has 1 saturated heterocycles. The Morgan fingerprint density at radius 3 is 2.29 bits per heavy atom. The Kier molecular flexibility index (Phi) is 8.12. The van der Waals surface area contributed by atoms with E-state index in [0.717, 1.165) is 25.2 Å². The van der Waals surface area contributed by atoms with E-state index < -0.39 is 10.8 Å². The van der Waals surface area contributed by atoms with Crippen molar-refractivity contribution in [3.05, 3.63) is 75.3 Å². The zero-order valence-electron chi connectivity index (χ0n) is 17.5. The number of nitrogens with one attached hydrogen (secondary N) is 2. The average Bonchev–Trinajstić information content (AvgIpc) is 3.05. The largest absolute Gasteiger partial charge is 0.350 e. The molecule has 2 aromatic rings. The van der Waals surface area contributed by atoms with Gasteiger partial charge in [0, 0.05) is 30.8 Å². The topological polar surface area (TPSA) is 105 Å². The molecule has 0 unspecified atom stereocenters. The predicted octanol–water partition coefficient (Wildman–Crippen LogP) is 3.02. The zero-order valence-corrected chi connectivity index (χ0v) is 17.5. The Hall–Kier alpha value is -3.26. The van der Waals surface area contributed by atoms with Gasteiger partial charge >= 0.3 is 0 Å². The van der Waals surface area contributed by atoms with Crippen molar-refractivity contribution in [3.63, 3.8) is 0 Å². The van der Waals surface area contributed by atoms with Gasteiger partial charge in [0.05, 0.1) is 11.5 Å². The first kappa shape index (κ1) is 22.4. The third kappa shape index (κ3) is 7.18. The summed E-state index contributed by atoms with van der Waals surface area (Å²) in [6.45, 7) is 3.43. The van der Waals surface area contributed by atoms with Gasteiger partial charge in [-0.1, -0.05) is 43.2 Å². The van der Waals surface area contributed by atoms with E-state index in [-0.39, 0.29) is 23.7 Å². The van der Waals surface area contributed by atoms with Crippen LogP contribution >= 0.6 is 0 Å². The molecule has 1 aliphatic rings. The van der Waals surface area contributed by atoms with E-state index >= 15 is 0 Å². The van der Waals surface area contributed by atoms with Crippen LogP contribution in [0.3, 0.4) is 0 Å². The van der Waals surface area contributed by atoms with Gasteiger partial charge in [0.25, 0.3) is 11.6 Å². The summed E-state index contributed by atoms with van der Waals surface area (Å²) < 4.78 is 0.